The first-order valence-corrected chi connectivity index (χ1v) is 21.4. The maximum absolute atomic E-state index is 15.1. The number of aliphatic hydroxyl groups is 1. The summed E-state index contributed by atoms with van der Waals surface area (Å²) in [6.45, 7) is 10.6. The lowest BCUT2D eigenvalue weighted by Crippen LogP contribution is -2.75. The van der Waals surface area contributed by atoms with Crippen molar-refractivity contribution in [1.82, 2.24) is 9.80 Å². The highest BCUT2D eigenvalue weighted by molar-refractivity contribution is 5.99. The molecule has 0 radical (unpaired) electrons. The molecule has 10 bridgehead atoms. The van der Waals surface area contributed by atoms with Crippen LogP contribution in [0.1, 0.15) is 126 Å². The number of rotatable bonds is 7. The van der Waals surface area contributed by atoms with Crippen LogP contribution < -0.4 is 5.73 Å². The summed E-state index contributed by atoms with van der Waals surface area (Å²) in [5.74, 6) is 1.83. The number of nitrogens with two attached hydrogens (primary N) is 1. The van der Waals surface area contributed by atoms with Crippen LogP contribution in [0.4, 0.5) is 0 Å². The zero-order chi connectivity index (χ0) is 36.4. The van der Waals surface area contributed by atoms with Crippen LogP contribution >= 0.6 is 0 Å². The van der Waals surface area contributed by atoms with E-state index in [1.165, 1.54) is 31.3 Å². The highest BCUT2D eigenvalue weighted by Gasteiger charge is 2.91. The Morgan fingerprint density at radius 3 is 2.70 bits per heavy atom. The number of carbonyl (C=O) groups is 2. The normalized spacial score (nSPS) is 41.9. The van der Waals surface area contributed by atoms with Crippen LogP contribution in [0.25, 0.3) is 0 Å². The van der Waals surface area contributed by atoms with E-state index in [-0.39, 0.29) is 35.6 Å². The number of hydrogen-bond acceptors (Lipinski definition) is 8. The number of nitrogens with zero attached hydrogens (tertiary/aromatic N) is 2. The number of allylic oxidation sites excluding steroid dienone is 2. The Morgan fingerprint density at radius 2 is 1.89 bits per heavy atom. The predicted octanol–water partition coefficient (Wildman–Crippen LogP) is 7.68. The fourth-order valence-electron chi connectivity index (χ4n) is 14.4. The molecule has 3 aliphatic carbocycles. The van der Waals surface area contributed by atoms with Crippen molar-refractivity contribution in [2.24, 2.45) is 46.2 Å². The van der Waals surface area contributed by atoms with Crippen LogP contribution in [0.2, 0.25) is 0 Å². The third-order valence-electron chi connectivity index (χ3n) is 16.0. The maximum atomic E-state index is 15.1. The number of fused-ring (bicyclic) bond motifs is 2. The van der Waals surface area contributed by atoms with Gasteiger partial charge in [-0.15, -0.1) is 0 Å². The molecule has 11 unspecified atom stereocenters. The Kier molecular flexibility index (Phi) is 7.92. The molecule has 3 saturated heterocycles. The predicted molar refractivity (Wildman–Crippen MR) is 202 cm³/mol. The first kappa shape index (κ1) is 34.4. The van der Waals surface area contributed by atoms with E-state index in [1.807, 2.05) is 6.07 Å². The number of aliphatic hydroxyl groups excluding tert-OH is 1. The van der Waals surface area contributed by atoms with Crippen LogP contribution in [-0.4, -0.2) is 65.1 Å². The summed E-state index contributed by atoms with van der Waals surface area (Å²) in [5, 5.41) is 12.6. The highest BCUT2D eigenvalue weighted by Crippen LogP contribution is 2.85. The molecule has 2 spiro atoms. The van der Waals surface area contributed by atoms with Gasteiger partial charge in [0.1, 0.15) is 11.2 Å². The summed E-state index contributed by atoms with van der Waals surface area (Å²) < 4.78 is 13.5. The Labute approximate surface area is 315 Å². The molecular formula is C45H59N3O5. The molecule has 53 heavy (non-hydrogen) atoms. The second-order valence-electron chi connectivity index (χ2n) is 18.7. The molecule has 12 aliphatic rings. The van der Waals surface area contributed by atoms with Gasteiger partial charge in [-0.2, -0.15) is 0 Å². The van der Waals surface area contributed by atoms with E-state index in [0.29, 0.717) is 67.3 Å². The summed E-state index contributed by atoms with van der Waals surface area (Å²) in [6.07, 6.45) is 15.3. The minimum atomic E-state index is -1.10. The smallest absolute Gasteiger partial charge is 0.339 e. The minimum Gasteiger partial charge on any atom is -0.509 e. The number of piperidine rings is 2. The summed E-state index contributed by atoms with van der Waals surface area (Å²) in [7, 11) is 0. The van der Waals surface area contributed by atoms with Gasteiger partial charge in [-0.1, -0.05) is 69.0 Å². The monoisotopic (exact) mass is 721 g/mol. The molecule has 4 fully saturated rings. The third-order valence-corrected chi connectivity index (χ3v) is 16.0. The van der Waals surface area contributed by atoms with Crippen LogP contribution in [-0.2, 0) is 26.3 Å². The van der Waals surface area contributed by atoms with Gasteiger partial charge < -0.3 is 25.2 Å². The summed E-state index contributed by atoms with van der Waals surface area (Å²) >= 11 is 0. The summed E-state index contributed by atoms with van der Waals surface area (Å²) in [6, 6.07) is 6.87. The number of aryl methyl sites for hydroxylation is 1. The number of hydrogen-bond donors (Lipinski definition) is 2. The molecule has 3 N–H and O–H groups in total. The zero-order valence-electron chi connectivity index (χ0n) is 32.1. The van der Waals surface area contributed by atoms with E-state index in [4.69, 9.17) is 15.2 Å². The third kappa shape index (κ3) is 4.31. The standard InChI is InChI=1S/C45H59N3O5/c1-4-8-32-21-36(49)40-44-16-15-30(33-19-26(3)18-29-13-14-35-31-20-27(23-47(32)25-31)24-48(35)39(29)33)22-43(44,42(51)52-40)37(9-5-2)45(44)34-12-6-10-28(11-7-17-46)38(34)41(50)53-45/h6,10,12,22,26-27,31-33,35,37,49H,4-5,7-9,11,13-21,23-25,46H2,1-3H3. The van der Waals surface area contributed by atoms with Gasteiger partial charge in [-0.05, 0) is 100 Å². The molecule has 8 heteroatoms. The Morgan fingerprint density at radius 1 is 1.04 bits per heavy atom. The molecule has 1 aromatic carbocycles. The van der Waals surface area contributed by atoms with E-state index in [9.17, 15) is 9.90 Å². The molecule has 11 atom stereocenters. The second-order valence-corrected chi connectivity index (χ2v) is 18.7. The topological polar surface area (TPSA) is 105 Å². The van der Waals surface area contributed by atoms with Crippen molar-refractivity contribution in [3.05, 3.63) is 69.3 Å². The van der Waals surface area contributed by atoms with Gasteiger partial charge in [-0.3, -0.25) is 9.69 Å². The molecule has 0 amide bonds. The number of ether oxygens (including phenoxy) is 2. The van der Waals surface area contributed by atoms with Gasteiger partial charge in [0.2, 0.25) is 0 Å². The van der Waals surface area contributed by atoms with Gasteiger partial charge in [-0.25, -0.2) is 4.79 Å². The van der Waals surface area contributed by atoms with Crippen molar-refractivity contribution >= 4 is 11.9 Å². The number of esters is 2. The lowest BCUT2D eigenvalue weighted by Gasteiger charge is -2.69. The van der Waals surface area contributed by atoms with E-state index >= 15 is 4.79 Å². The van der Waals surface area contributed by atoms with E-state index in [1.54, 1.807) is 11.3 Å². The minimum absolute atomic E-state index is 0.152. The number of benzene rings is 1. The summed E-state index contributed by atoms with van der Waals surface area (Å²) in [5.41, 5.74) is 9.98. The lowest BCUT2D eigenvalue weighted by molar-refractivity contribution is -0.272. The molecule has 0 aromatic heterocycles. The average Bonchev–Trinajstić information content (AvgIpc) is 3.60. The molecular weight excluding hydrogens is 663 g/mol. The van der Waals surface area contributed by atoms with Crippen molar-refractivity contribution in [2.45, 2.75) is 128 Å². The molecule has 9 aliphatic heterocycles. The quantitative estimate of drug-likeness (QED) is 0.218. The van der Waals surface area contributed by atoms with Crippen LogP contribution in [0.5, 0.6) is 0 Å². The van der Waals surface area contributed by atoms with Crippen molar-refractivity contribution in [3.63, 3.8) is 0 Å². The molecule has 13 rings (SSSR count). The van der Waals surface area contributed by atoms with E-state index < -0.39 is 16.4 Å². The van der Waals surface area contributed by atoms with Gasteiger partial charge in [0.15, 0.2) is 11.4 Å². The van der Waals surface area contributed by atoms with Gasteiger partial charge in [0.05, 0.1) is 11.0 Å². The zero-order valence-corrected chi connectivity index (χ0v) is 32.1. The van der Waals surface area contributed by atoms with Gasteiger partial charge >= 0.3 is 11.9 Å². The molecule has 1 aromatic rings. The van der Waals surface area contributed by atoms with Crippen molar-refractivity contribution < 1.29 is 24.2 Å². The van der Waals surface area contributed by atoms with E-state index in [2.05, 4.69) is 48.8 Å². The van der Waals surface area contributed by atoms with Crippen molar-refractivity contribution in [2.75, 3.05) is 26.2 Å². The fourth-order valence-corrected chi connectivity index (χ4v) is 14.4. The lowest BCUT2D eigenvalue weighted by atomic mass is 9.31. The Balaban J connectivity index is 1.23. The SMILES string of the molecule is CCCC1CC(O)=C2OC(=O)C34C=C(CCC23C2(OC(=O)c3c(CCCN)cccc32)C4CCC)C2CC(C)CC3=C2N2CC4CC(CN1C4)C2CC3. The molecule has 8 nitrogen and oxygen atoms in total. The fraction of sp³-hybridized carbons (Fsp3) is 0.689. The largest absolute Gasteiger partial charge is 0.509 e. The van der Waals surface area contributed by atoms with Crippen molar-refractivity contribution in [3.8, 4) is 0 Å². The second kappa shape index (κ2) is 12.2. The van der Waals surface area contributed by atoms with Crippen LogP contribution in [0, 0.1) is 40.4 Å². The van der Waals surface area contributed by atoms with Gasteiger partial charge in [0.25, 0.3) is 0 Å². The molecule has 9 heterocycles. The molecule has 1 saturated carbocycles. The van der Waals surface area contributed by atoms with Crippen molar-refractivity contribution in [1.29, 1.82) is 0 Å². The van der Waals surface area contributed by atoms with Gasteiger partial charge in [0, 0.05) is 61.2 Å². The highest BCUT2D eigenvalue weighted by atomic mass is 16.6. The Hall–Kier alpha value is -3.10. The van der Waals surface area contributed by atoms with Crippen LogP contribution in [0.15, 0.2) is 52.6 Å². The molecule has 284 valence electrons. The first-order valence-electron chi connectivity index (χ1n) is 21.4. The van der Waals surface area contributed by atoms with E-state index in [0.717, 1.165) is 69.3 Å². The van der Waals surface area contributed by atoms with Crippen LogP contribution in [0.3, 0.4) is 0 Å². The maximum Gasteiger partial charge on any atom is 0.339 e. The average molecular weight is 722 g/mol. The Bertz CT molecular complexity index is 1850. The number of carbonyl (C=O) groups excluding carboxylic acids is 2. The summed E-state index contributed by atoms with van der Waals surface area (Å²) in [4.78, 5) is 35.0. The first-order chi connectivity index (χ1) is 25.7.